The van der Waals surface area contributed by atoms with Crippen molar-refractivity contribution in [2.24, 2.45) is 7.05 Å². The fourth-order valence-corrected chi connectivity index (χ4v) is 4.68. The minimum absolute atomic E-state index is 0.431. The molecule has 1 saturated carbocycles. The normalized spacial score (nSPS) is 14.5. The predicted octanol–water partition coefficient (Wildman–Crippen LogP) is 6.39. The van der Waals surface area contributed by atoms with Crippen LogP contribution in [0.1, 0.15) is 55.0 Å². The number of aryl methyl sites for hydroxylation is 1. The van der Waals surface area contributed by atoms with Gasteiger partial charge in [0.05, 0.1) is 0 Å². The van der Waals surface area contributed by atoms with E-state index in [0.29, 0.717) is 11.8 Å². The highest BCUT2D eigenvalue weighted by molar-refractivity contribution is 7.99. The second-order valence-electron chi connectivity index (χ2n) is 8.92. The number of benzene rings is 1. The zero-order valence-electron chi connectivity index (χ0n) is 19.2. The quantitative estimate of drug-likeness (QED) is 0.413. The van der Waals surface area contributed by atoms with E-state index in [0.717, 1.165) is 22.8 Å². The van der Waals surface area contributed by atoms with Crippen LogP contribution in [0.3, 0.4) is 0 Å². The van der Waals surface area contributed by atoms with Crippen LogP contribution in [-0.4, -0.2) is 33.5 Å². The molecular weight excluding hydrogens is 400 g/mol. The highest BCUT2D eigenvalue weighted by atomic mass is 32.2. The summed E-state index contributed by atoms with van der Waals surface area (Å²) in [6.07, 6.45) is 5.37. The molecule has 0 radical (unpaired) electrons. The minimum atomic E-state index is 0.431. The number of rotatable bonds is 8. The van der Waals surface area contributed by atoms with Gasteiger partial charge in [0.15, 0.2) is 0 Å². The lowest BCUT2D eigenvalue weighted by Gasteiger charge is -2.20. The highest BCUT2D eigenvalue weighted by Crippen LogP contribution is 2.44. The van der Waals surface area contributed by atoms with Crippen molar-refractivity contribution >= 4 is 11.8 Å². The summed E-state index contributed by atoms with van der Waals surface area (Å²) >= 11 is 1.70. The Bertz CT molecular complexity index is 1060. The molecule has 2 heterocycles. The molecule has 4 nitrogen and oxygen atoms in total. The number of nitrogens with zero attached hydrogens (tertiary/aromatic N) is 4. The Morgan fingerprint density at radius 1 is 1.19 bits per heavy atom. The van der Waals surface area contributed by atoms with Crippen molar-refractivity contribution in [3.63, 3.8) is 0 Å². The SMILES string of the molecule is C=C(CC(C)c1ccc(-c2nc(C3CC3)n(C)c2Sc2ccc(C)cn2)cc1)N(C)C. The van der Waals surface area contributed by atoms with Gasteiger partial charge in [0.25, 0.3) is 0 Å². The van der Waals surface area contributed by atoms with Crippen molar-refractivity contribution in [2.75, 3.05) is 14.1 Å². The Balaban J connectivity index is 1.63. The van der Waals surface area contributed by atoms with E-state index in [1.165, 1.54) is 40.4 Å². The standard InChI is InChI=1S/C26H32N4S/c1-17-7-14-23(27-16-17)31-26-24(28-25(30(26)6)22-12-13-22)21-10-8-20(9-11-21)18(2)15-19(3)29(4)5/h7-11,14,16,18,22H,3,12-13,15H2,1-2,4-6H3. The number of aromatic nitrogens is 3. The lowest BCUT2D eigenvalue weighted by molar-refractivity contribution is 0.474. The van der Waals surface area contributed by atoms with Gasteiger partial charge in [0.1, 0.15) is 21.6 Å². The maximum absolute atomic E-state index is 5.10. The number of hydrogen-bond acceptors (Lipinski definition) is 4. The molecule has 1 aliphatic rings. The summed E-state index contributed by atoms with van der Waals surface area (Å²) in [5.74, 6) is 2.23. The summed E-state index contributed by atoms with van der Waals surface area (Å²) in [6, 6.07) is 13.1. The molecule has 1 fully saturated rings. The lowest BCUT2D eigenvalue weighted by Crippen LogP contribution is -2.12. The molecule has 0 aliphatic heterocycles. The van der Waals surface area contributed by atoms with E-state index in [2.05, 4.69) is 92.4 Å². The van der Waals surface area contributed by atoms with Gasteiger partial charge in [-0.25, -0.2) is 9.97 Å². The zero-order valence-corrected chi connectivity index (χ0v) is 20.0. The van der Waals surface area contributed by atoms with Gasteiger partial charge in [-0.3, -0.25) is 0 Å². The summed E-state index contributed by atoms with van der Waals surface area (Å²) < 4.78 is 2.27. The number of allylic oxidation sites excluding steroid dienone is 1. The van der Waals surface area contributed by atoms with Crippen LogP contribution < -0.4 is 0 Å². The largest absolute Gasteiger partial charge is 0.381 e. The van der Waals surface area contributed by atoms with Crippen LogP contribution in [0.2, 0.25) is 0 Å². The summed E-state index contributed by atoms with van der Waals surface area (Å²) in [5, 5.41) is 2.17. The first-order chi connectivity index (χ1) is 14.8. The third kappa shape index (κ3) is 4.87. The fourth-order valence-electron chi connectivity index (χ4n) is 3.75. The average molecular weight is 433 g/mol. The maximum Gasteiger partial charge on any atom is 0.113 e. The molecule has 0 saturated heterocycles. The molecule has 1 aromatic carbocycles. The Hall–Kier alpha value is -2.53. The maximum atomic E-state index is 5.10. The van der Waals surface area contributed by atoms with Crippen LogP contribution in [0.15, 0.2) is 64.9 Å². The Morgan fingerprint density at radius 2 is 1.90 bits per heavy atom. The molecule has 1 aliphatic carbocycles. The molecule has 1 atom stereocenters. The van der Waals surface area contributed by atoms with Crippen molar-refractivity contribution in [2.45, 2.75) is 55.0 Å². The Labute approximate surface area is 190 Å². The van der Waals surface area contributed by atoms with Gasteiger partial charge in [-0.1, -0.05) is 43.8 Å². The van der Waals surface area contributed by atoms with E-state index < -0.39 is 0 Å². The van der Waals surface area contributed by atoms with Gasteiger partial charge in [0, 0.05) is 44.5 Å². The monoisotopic (exact) mass is 432 g/mol. The number of imidazole rings is 1. The van der Waals surface area contributed by atoms with Crippen LogP contribution >= 0.6 is 11.8 Å². The van der Waals surface area contributed by atoms with Crippen molar-refractivity contribution < 1.29 is 0 Å². The smallest absolute Gasteiger partial charge is 0.113 e. The van der Waals surface area contributed by atoms with Gasteiger partial charge in [-0.15, -0.1) is 0 Å². The number of hydrogen-bond donors (Lipinski definition) is 0. The van der Waals surface area contributed by atoms with Crippen molar-refractivity contribution in [3.8, 4) is 11.3 Å². The first-order valence-corrected chi connectivity index (χ1v) is 11.8. The Kier molecular flexibility index (Phi) is 6.24. The van der Waals surface area contributed by atoms with Crippen molar-refractivity contribution in [1.82, 2.24) is 19.4 Å². The molecule has 5 heteroatoms. The summed E-state index contributed by atoms with van der Waals surface area (Å²) in [5.41, 5.74) is 5.89. The van der Waals surface area contributed by atoms with Gasteiger partial charge < -0.3 is 9.47 Å². The van der Waals surface area contributed by atoms with E-state index in [4.69, 9.17) is 4.98 Å². The molecule has 0 N–H and O–H groups in total. The lowest BCUT2D eigenvalue weighted by atomic mass is 9.95. The van der Waals surface area contributed by atoms with Crippen LogP contribution in [0.4, 0.5) is 0 Å². The second kappa shape index (κ2) is 8.91. The first kappa shape index (κ1) is 21.7. The molecule has 3 aromatic rings. The van der Waals surface area contributed by atoms with E-state index in [1.807, 2.05) is 6.20 Å². The summed E-state index contributed by atoms with van der Waals surface area (Å²) in [6.45, 7) is 8.51. The third-order valence-electron chi connectivity index (χ3n) is 6.03. The van der Waals surface area contributed by atoms with Gasteiger partial charge >= 0.3 is 0 Å². The molecule has 4 rings (SSSR count). The van der Waals surface area contributed by atoms with Crippen LogP contribution in [0.5, 0.6) is 0 Å². The fraction of sp³-hybridized carbons (Fsp3) is 0.385. The second-order valence-corrected chi connectivity index (χ2v) is 9.93. The molecule has 1 unspecified atom stereocenters. The van der Waals surface area contributed by atoms with Crippen molar-refractivity contribution in [3.05, 3.63) is 71.8 Å². The van der Waals surface area contributed by atoms with E-state index >= 15 is 0 Å². The molecule has 31 heavy (non-hydrogen) atoms. The predicted molar refractivity (Wildman–Crippen MR) is 130 cm³/mol. The average Bonchev–Trinajstić information content (AvgIpc) is 3.54. The molecular formula is C26H32N4S. The van der Waals surface area contributed by atoms with Gasteiger partial charge in [-0.2, -0.15) is 0 Å². The van der Waals surface area contributed by atoms with Crippen LogP contribution in [0.25, 0.3) is 11.3 Å². The molecule has 0 amide bonds. The minimum Gasteiger partial charge on any atom is -0.381 e. The van der Waals surface area contributed by atoms with Gasteiger partial charge in [-0.05, 0) is 61.1 Å². The van der Waals surface area contributed by atoms with E-state index in [-0.39, 0.29) is 0 Å². The molecule has 0 spiro atoms. The third-order valence-corrected chi connectivity index (χ3v) is 7.14. The van der Waals surface area contributed by atoms with Crippen LogP contribution in [0, 0.1) is 6.92 Å². The molecule has 0 bridgehead atoms. The zero-order chi connectivity index (χ0) is 22.1. The Morgan fingerprint density at radius 3 is 2.48 bits per heavy atom. The summed E-state index contributed by atoms with van der Waals surface area (Å²) in [7, 11) is 6.25. The van der Waals surface area contributed by atoms with Crippen LogP contribution in [-0.2, 0) is 7.05 Å². The van der Waals surface area contributed by atoms with E-state index in [9.17, 15) is 0 Å². The highest BCUT2D eigenvalue weighted by Gasteiger charge is 2.31. The first-order valence-electron chi connectivity index (χ1n) is 11.0. The molecule has 162 valence electrons. The number of pyridine rings is 1. The van der Waals surface area contributed by atoms with Gasteiger partial charge in [0.2, 0.25) is 0 Å². The summed E-state index contributed by atoms with van der Waals surface area (Å²) in [4.78, 5) is 11.8. The topological polar surface area (TPSA) is 34.0 Å². The van der Waals surface area contributed by atoms with Crippen molar-refractivity contribution in [1.29, 1.82) is 0 Å². The van der Waals surface area contributed by atoms with E-state index in [1.54, 1.807) is 11.8 Å². The molecule has 2 aromatic heterocycles.